The van der Waals surface area contributed by atoms with Crippen molar-refractivity contribution < 1.29 is 36.2 Å². The van der Waals surface area contributed by atoms with Crippen LogP contribution in [0, 0.1) is 0 Å². The van der Waals surface area contributed by atoms with Crippen molar-refractivity contribution >= 4 is 33.2 Å². The number of carbonyl (C=O) groups excluding carboxylic acids is 1. The van der Waals surface area contributed by atoms with Gasteiger partial charge in [0.25, 0.3) is 5.91 Å². The average molecular weight is 419 g/mol. The minimum absolute atomic E-state index is 0.112. The summed E-state index contributed by atoms with van der Waals surface area (Å²) in [5, 5.41) is 10.8. The molecule has 0 aromatic heterocycles. The van der Waals surface area contributed by atoms with Crippen LogP contribution >= 0.6 is 11.6 Å². The number of amides is 1. The highest BCUT2D eigenvalue weighted by Gasteiger charge is 2.55. The number of rotatable bonds is 8. The topological polar surface area (TPSA) is 105 Å². The molecule has 0 saturated heterocycles. The maximum absolute atomic E-state index is 12.6. The van der Waals surface area contributed by atoms with Gasteiger partial charge in [-0.2, -0.15) is 13.2 Å². The molecule has 0 bridgehead atoms. The Hall–Kier alpha value is -1.40. The van der Waals surface area contributed by atoms with Gasteiger partial charge in [0, 0.05) is 20.3 Å². The fraction of sp³-hybridized carbons (Fsp3) is 0.500. The molecule has 1 amide bonds. The van der Waals surface area contributed by atoms with Gasteiger partial charge >= 0.3 is 6.18 Å². The smallest absolute Gasteiger partial charge is 0.385 e. The number of aliphatic hydroxyl groups is 1. The largest absolute Gasteiger partial charge is 0.426 e. The summed E-state index contributed by atoms with van der Waals surface area (Å²) >= 11 is 5.84. The second-order valence-corrected chi connectivity index (χ2v) is 7.58. The molecule has 1 rings (SSSR count). The van der Waals surface area contributed by atoms with Crippen LogP contribution < -0.4 is 10.0 Å². The van der Waals surface area contributed by atoms with Crippen molar-refractivity contribution in [2.45, 2.75) is 30.0 Å². The first-order chi connectivity index (χ1) is 11.8. The van der Waals surface area contributed by atoms with E-state index in [1.807, 2.05) is 5.32 Å². The van der Waals surface area contributed by atoms with E-state index in [9.17, 15) is 31.5 Å². The quantitative estimate of drug-likeness (QED) is 0.559. The fourth-order valence-corrected chi connectivity index (χ4v) is 3.04. The van der Waals surface area contributed by atoms with Crippen LogP contribution in [0.2, 0.25) is 5.02 Å². The minimum atomic E-state index is -5.20. The third-order valence-corrected chi connectivity index (χ3v) is 5.08. The SMILES string of the molecule is COCCCNS(=O)(=O)c1ccc(NC(=O)[C@@](C)(O)C(F)(F)F)c(Cl)c1. The zero-order valence-corrected chi connectivity index (χ0v) is 15.4. The van der Waals surface area contributed by atoms with Crippen molar-refractivity contribution in [3.05, 3.63) is 23.2 Å². The van der Waals surface area contributed by atoms with E-state index in [2.05, 4.69) is 4.72 Å². The average Bonchev–Trinajstić information content (AvgIpc) is 2.52. The highest BCUT2D eigenvalue weighted by molar-refractivity contribution is 7.89. The van der Waals surface area contributed by atoms with Gasteiger partial charge in [-0.15, -0.1) is 0 Å². The number of sulfonamides is 1. The second kappa shape index (κ2) is 8.53. The lowest BCUT2D eigenvalue weighted by molar-refractivity contribution is -0.242. The Morgan fingerprint density at radius 1 is 1.35 bits per heavy atom. The Labute approximate surface area is 153 Å². The van der Waals surface area contributed by atoms with Gasteiger partial charge in [0.15, 0.2) is 0 Å². The number of nitrogens with one attached hydrogen (secondary N) is 2. The number of alkyl halides is 3. The molecule has 7 nitrogen and oxygen atoms in total. The van der Waals surface area contributed by atoms with Gasteiger partial charge in [-0.3, -0.25) is 4.79 Å². The fourth-order valence-electron chi connectivity index (χ4n) is 1.64. The van der Waals surface area contributed by atoms with E-state index in [0.29, 0.717) is 20.0 Å². The van der Waals surface area contributed by atoms with E-state index in [0.717, 1.165) is 18.2 Å². The molecule has 1 aromatic carbocycles. The van der Waals surface area contributed by atoms with Crippen LogP contribution in [-0.4, -0.2) is 51.5 Å². The zero-order chi connectivity index (χ0) is 20.2. The van der Waals surface area contributed by atoms with E-state index in [1.54, 1.807) is 0 Å². The number of hydrogen-bond acceptors (Lipinski definition) is 5. The van der Waals surface area contributed by atoms with Crippen LogP contribution in [0.4, 0.5) is 18.9 Å². The van der Waals surface area contributed by atoms with E-state index in [1.165, 1.54) is 7.11 Å². The zero-order valence-electron chi connectivity index (χ0n) is 13.9. The molecule has 0 aliphatic rings. The van der Waals surface area contributed by atoms with Crippen molar-refractivity contribution in [1.29, 1.82) is 0 Å². The maximum Gasteiger partial charge on any atom is 0.426 e. The molecule has 26 heavy (non-hydrogen) atoms. The Kier molecular flexibility index (Phi) is 7.42. The molecule has 1 atom stereocenters. The Morgan fingerprint density at radius 3 is 2.46 bits per heavy atom. The highest BCUT2D eigenvalue weighted by Crippen LogP contribution is 2.32. The summed E-state index contributed by atoms with van der Waals surface area (Å²) in [5.41, 5.74) is -3.91. The predicted molar refractivity (Wildman–Crippen MR) is 88.4 cm³/mol. The Bertz CT molecular complexity index is 753. The number of halogens is 4. The number of methoxy groups -OCH3 is 1. The summed E-state index contributed by atoms with van der Waals surface area (Å²) in [6.07, 6.45) is -4.76. The van der Waals surface area contributed by atoms with Crippen molar-refractivity contribution in [1.82, 2.24) is 4.72 Å². The number of hydrogen-bond donors (Lipinski definition) is 3. The van der Waals surface area contributed by atoms with Gasteiger partial charge in [-0.05, 0) is 31.5 Å². The standard InChI is InChI=1S/C14H18ClF3N2O5S/c1-13(22,14(16,17)18)12(21)20-11-5-4-9(8-10(11)15)26(23,24)19-6-3-7-25-2/h4-5,8,19,22H,3,6-7H2,1-2H3,(H,20,21)/t13-/m1/s1. The van der Waals surface area contributed by atoms with E-state index in [4.69, 9.17) is 16.3 Å². The molecule has 0 aliphatic carbocycles. The maximum atomic E-state index is 12.6. The molecule has 0 fully saturated rings. The minimum Gasteiger partial charge on any atom is -0.385 e. The molecule has 0 heterocycles. The molecule has 0 unspecified atom stereocenters. The van der Waals surface area contributed by atoms with E-state index < -0.39 is 27.7 Å². The van der Waals surface area contributed by atoms with Crippen molar-refractivity contribution in [2.24, 2.45) is 0 Å². The van der Waals surface area contributed by atoms with Gasteiger partial charge in [-0.1, -0.05) is 11.6 Å². The summed E-state index contributed by atoms with van der Waals surface area (Å²) in [7, 11) is -2.42. The summed E-state index contributed by atoms with van der Waals surface area (Å²) in [5.74, 6) is -1.75. The normalized spacial score (nSPS) is 14.7. The first-order valence-electron chi connectivity index (χ1n) is 7.21. The summed E-state index contributed by atoms with van der Waals surface area (Å²) in [4.78, 5) is 11.4. The van der Waals surface area contributed by atoms with Gasteiger partial charge in [-0.25, -0.2) is 13.1 Å². The van der Waals surface area contributed by atoms with Crippen LogP contribution in [-0.2, 0) is 19.6 Å². The van der Waals surface area contributed by atoms with Gasteiger partial charge < -0.3 is 15.2 Å². The van der Waals surface area contributed by atoms with Crippen LogP contribution in [0.5, 0.6) is 0 Å². The first kappa shape index (κ1) is 22.6. The third kappa shape index (κ3) is 5.55. The van der Waals surface area contributed by atoms with Crippen LogP contribution in [0.3, 0.4) is 0 Å². The second-order valence-electron chi connectivity index (χ2n) is 5.41. The summed E-state index contributed by atoms with van der Waals surface area (Å²) in [6, 6.07) is 3.05. The van der Waals surface area contributed by atoms with Crippen LogP contribution in [0.15, 0.2) is 23.1 Å². The molecule has 0 radical (unpaired) electrons. The Morgan fingerprint density at radius 2 is 1.96 bits per heavy atom. The number of ether oxygens (including phenoxy) is 1. The molecular formula is C14H18ClF3N2O5S. The van der Waals surface area contributed by atoms with E-state index >= 15 is 0 Å². The summed E-state index contributed by atoms with van der Waals surface area (Å²) < 4.78 is 69.2. The van der Waals surface area contributed by atoms with Gasteiger partial charge in [0.1, 0.15) is 0 Å². The van der Waals surface area contributed by atoms with E-state index in [-0.39, 0.29) is 22.2 Å². The van der Waals surface area contributed by atoms with Crippen molar-refractivity contribution in [2.75, 3.05) is 25.6 Å². The molecule has 0 spiro atoms. The van der Waals surface area contributed by atoms with Crippen LogP contribution in [0.25, 0.3) is 0 Å². The number of benzene rings is 1. The highest BCUT2D eigenvalue weighted by atomic mass is 35.5. The number of carbonyl (C=O) groups is 1. The molecule has 0 aliphatic heterocycles. The third-order valence-electron chi connectivity index (χ3n) is 3.31. The molecule has 12 heteroatoms. The van der Waals surface area contributed by atoms with Crippen LogP contribution in [0.1, 0.15) is 13.3 Å². The number of anilines is 1. The lowest BCUT2D eigenvalue weighted by atomic mass is 10.1. The molecular weight excluding hydrogens is 401 g/mol. The molecule has 0 saturated carbocycles. The monoisotopic (exact) mass is 418 g/mol. The lowest BCUT2D eigenvalue weighted by Gasteiger charge is -2.25. The molecule has 3 N–H and O–H groups in total. The first-order valence-corrected chi connectivity index (χ1v) is 9.07. The van der Waals surface area contributed by atoms with Crippen molar-refractivity contribution in [3.63, 3.8) is 0 Å². The van der Waals surface area contributed by atoms with Gasteiger partial charge in [0.2, 0.25) is 15.6 Å². The summed E-state index contributed by atoms with van der Waals surface area (Å²) in [6.45, 7) is 0.757. The predicted octanol–water partition coefficient (Wildman–Crippen LogP) is 1.91. The Balaban J connectivity index is 2.93. The lowest BCUT2D eigenvalue weighted by Crippen LogP contribution is -2.52. The molecule has 1 aromatic rings. The van der Waals surface area contributed by atoms with Crippen molar-refractivity contribution in [3.8, 4) is 0 Å². The molecule has 148 valence electrons. The van der Waals surface area contributed by atoms with Gasteiger partial charge in [0.05, 0.1) is 15.6 Å².